The van der Waals surface area contributed by atoms with Crippen LogP contribution < -0.4 is 0 Å². The molecule has 0 aliphatic heterocycles. The van der Waals surface area contributed by atoms with E-state index in [-0.39, 0.29) is 11.5 Å². The van der Waals surface area contributed by atoms with Gasteiger partial charge < -0.3 is 5.11 Å². The zero-order chi connectivity index (χ0) is 15.6. The minimum absolute atomic E-state index is 0.0718. The molecule has 0 aromatic heterocycles. The van der Waals surface area contributed by atoms with Crippen LogP contribution in [0.25, 0.3) is 0 Å². The van der Waals surface area contributed by atoms with Gasteiger partial charge in [-0.05, 0) is 66.6 Å². The molecule has 0 unspecified atom stereocenters. The van der Waals surface area contributed by atoms with Gasteiger partial charge in [0.1, 0.15) is 0 Å². The lowest BCUT2D eigenvalue weighted by Crippen LogP contribution is -2.52. The van der Waals surface area contributed by atoms with Crippen LogP contribution in [0.1, 0.15) is 80.1 Å². The Kier molecular flexibility index (Phi) is 3.41. The molecule has 1 N–H and O–H groups in total. The fourth-order valence-corrected chi connectivity index (χ4v) is 6.11. The van der Waals surface area contributed by atoms with Crippen LogP contribution in [0.15, 0.2) is 11.1 Å². The number of hydrogen-bond acceptors (Lipinski definition) is 1. The van der Waals surface area contributed by atoms with Crippen LogP contribution in [0.2, 0.25) is 0 Å². The molecule has 0 heterocycles. The highest BCUT2D eigenvalue weighted by Gasteiger charge is 2.57. The predicted molar refractivity (Wildman–Crippen MR) is 89.1 cm³/mol. The van der Waals surface area contributed by atoms with E-state index in [0.717, 1.165) is 12.3 Å². The SMILES string of the molecule is CC(C)[C@]1(C)CCC2=C1CC[C@H]1C(C)(C)[C@@H](O)CC[C@]21C. The number of fused-ring (bicyclic) bond motifs is 2. The van der Waals surface area contributed by atoms with E-state index in [1.165, 1.54) is 32.1 Å². The lowest BCUT2D eigenvalue weighted by Gasteiger charge is -2.57. The first-order valence-electron chi connectivity index (χ1n) is 9.05. The first kappa shape index (κ1) is 15.6. The molecule has 0 spiro atoms. The van der Waals surface area contributed by atoms with E-state index in [0.29, 0.717) is 16.7 Å². The molecule has 21 heavy (non-hydrogen) atoms. The lowest BCUT2D eigenvalue weighted by molar-refractivity contribution is -0.0890. The summed E-state index contributed by atoms with van der Waals surface area (Å²) in [5.74, 6) is 1.40. The van der Waals surface area contributed by atoms with Crippen molar-refractivity contribution in [3.05, 3.63) is 11.1 Å². The average Bonchev–Trinajstić information content (AvgIpc) is 2.75. The topological polar surface area (TPSA) is 20.2 Å². The van der Waals surface area contributed by atoms with Crippen LogP contribution in [0, 0.1) is 28.1 Å². The van der Waals surface area contributed by atoms with Gasteiger partial charge in [-0.15, -0.1) is 0 Å². The molecular weight excluding hydrogens is 256 g/mol. The average molecular weight is 290 g/mol. The third kappa shape index (κ3) is 1.92. The van der Waals surface area contributed by atoms with E-state index in [4.69, 9.17) is 0 Å². The second kappa shape index (κ2) is 4.60. The number of allylic oxidation sites excluding steroid dienone is 2. The molecular formula is C20H34O. The first-order chi connectivity index (χ1) is 9.64. The van der Waals surface area contributed by atoms with Crippen molar-refractivity contribution in [3.63, 3.8) is 0 Å². The molecule has 1 fully saturated rings. The molecule has 0 radical (unpaired) electrons. The standard InChI is InChI=1S/C20H34O/c1-13(2)19(5)11-9-15-14(19)7-8-16-18(3,4)17(21)10-12-20(15,16)6/h13,16-17,21H,7-12H2,1-6H3/t16-,17-,19-,20+/m0/s1. The Balaban J connectivity index is 2.05. The summed E-state index contributed by atoms with van der Waals surface area (Å²) in [7, 11) is 0. The van der Waals surface area contributed by atoms with Crippen molar-refractivity contribution in [2.45, 2.75) is 86.2 Å². The number of aliphatic hydroxyl groups excluding tert-OH is 1. The van der Waals surface area contributed by atoms with Crippen molar-refractivity contribution in [2.75, 3.05) is 0 Å². The van der Waals surface area contributed by atoms with Crippen molar-refractivity contribution < 1.29 is 5.11 Å². The van der Waals surface area contributed by atoms with Crippen LogP contribution in [0.3, 0.4) is 0 Å². The molecule has 0 amide bonds. The van der Waals surface area contributed by atoms with Gasteiger partial charge in [0, 0.05) is 0 Å². The molecule has 0 saturated heterocycles. The Morgan fingerprint density at radius 1 is 0.952 bits per heavy atom. The highest BCUT2D eigenvalue weighted by Crippen LogP contribution is 2.65. The predicted octanol–water partition coefficient (Wildman–Crippen LogP) is 5.34. The Labute approximate surface area is 131 Å². The first-order valence-corrected chi connectivity index (χ1v) is 9.05. The molecule has 0 bridgehead atoms. The van der Waals surface area contributed by atoms with Gasteiger partial charge in [0.15, 0.2) is 0 Å². The van der Waals surface area contributed by atoms with Crippen LogP contribution in [-0.4, -0.2) is 11.2 Å². The van der Waals surface area contributed by atoms with E-state index in [1.54, 1.807) is 5.57 Å². The summed E-state index contributed by atoms with van der Waals surface area (Å²) in [6, 6.07) is 0. The van der Waals surface area contributed by atoms with Gasteiger partial charge in [0.05, 0.1) is 6.10 Å². The van der Waals surface area contributed by atoms with Crippen molar-refractivity contribution in [2.24, 2.45) is 28.1 Å². The maximum absolute atomic E-state index is 10.5. The summed E-state index contributed by atoms with van der Waals surface area (Å²) in [6.07, 6.45) is 7.27. The molecule has 3 rings (SSSR count). The Hall–Kier alpha value is -0.300. The maximum atomic E-state index is 10.5. The minimum Gasteiger partial charge on any atom is -0.393 e. The minimum atomic E-state index is -0.115. The van der Waals surface area contributed by atoms with Gasteiger partial charge in [-0.25, -0.2) is 0 Å². The van der Waals surface area contributed by atoms with Crippen LogP contribution >= 0.6 is 0 Å². The fourth-order valence-electron chi connectivity index (χ4n) is 6.11. The third-order valence-electron chi connectivity index (χ3n) is 8.06. The number of aliphatic hydroxyl groups is 1. The van der Waals surface area contributed by atoms with Crippen molar-refractivity contribution >= 4 is 0 Å². The highest BCUT2D eigenvalue weighted by atomic mass is 16.3. The van der Waals surface area contributed by atoms with Crippen LogP contribution in [-0.2, 0) is 0 Å². The van der Waals surface area contributed by atoms with E-state index in [1.807, 2.05) is 5.57 Å². The van der Waals surface area contributed by atoms with Gasteiger partial charge in [-0.1, -0.05) is 52.7 Å². The maximum Gasteiger partial charge on any atom is 0.0594 e. The fraction of sp³-hybridized carbons (Fsp3) is 0.900. The van der Waals surface area contributed by atoms with E-state index >= 15 is 0 Å². The highest BCUT2D eigenvalue weighted by molar-refractivity contribution is 5.37. The third-order valence-corrected chi connectivity index (χ3v) is 8.06. The zero-order valence-electron chi connectivity index (χ0n) is 14.9. The quantitative estimate of drug-likeness (QED) is 0.647. The summed E-state index contributed by atoms with van der Waals surface area (Å²) in [6.45, 7) is 14.4. The van der Waals surface area contributed by atoms with Gasteiger partial charge in [0.2, 0.25) is 0 Å². The molecule has 1 saturated carbocycles. The Morgan fingerprint density at radius 3 is 2.24 bits per heavy atom. The second-order valence-electron chi connectivity index (χ2n) is 9.41. The Bertz CT molecular complexity index is 472. The zero-order valence-corrected chi connectivity index (χ0v) is 14.9. The molecule has 4 atom stereocenters. The molecule has 0 aromatic carbocycles. The Morgan fingerprint density at radius 2 is 1.62 bits per heavy atom. The second-order valence-corrected chi connectivity index (χ2v) is 9.41. The van der Waals surface area contributed by atoms with Crippen molar-refractivity contribution in [3.8, 4) is 0 Å². The summed E-state index contributed by atoms with van der Waals surface area (Å²) in [5, 5.41) is 10.5. The normalized spacial score (nSPS) is 45.7. The smallest absolute Gasteiger partial charge is 0.0594 e. The number of hydrogen-bond donors (Lipinski definition) is 1. The van der Waals surface area contributed by atoms with Gasteiger partial charge in [0.25, 0.3) is 0 Å². The van der Waals surface area contributed by atoms with Crippen molar-refractivity contribution in [1.82, 2.24) is 0 Å². The lowest BCUT2D eigenvalue weighted by atomic mass is 9.49. The summed E-state index contributed by atoms with van der Waals surface area (Å²) < 4.78 is 0. The largest absolute Gasteiger partial charge is 0.393 e. The van der Waals surface area contributed by atoms with E-state index < -0.39 is 0 Å². The van der Waals surface area contributed by atoms with Crippen LogP contribution in [0.4, 0.5) is 0 Å². The monoisotopic (exact) mass is 290 g/mol. The molecule has 3 aliphatic carbocycles. The van der Waals surface area contributed by atoms with Gasteiger partial charge in [-0.3, -0.25) is 0 Å². The molecule has 1 heteroatoms. The van der Waals surface area contributed by atoms with E-state index in [9.17, 15) is 5.11 Å². The van der Waals surface area contributed by atoms with Crippen LogP contribution in [0.5, 0.6) is 0 Å². The van der Waals surface area contributed by atoms with Crippen molar-refractivity contribution in [1.29, 1.82) is 0 Å². The summed E-state index contributed by atoms with van der Waals surface area (Å²) in [5.41, 5.74) is 4.47. The molecule has 1 nitrogen and oxygen atoms in total. The summed E-state index contributed by atoms with van der Waals surface area (Å²) >= 11 is 0. The van der Waals surface area contributed by atoms with Gasteiger partial charge >= 0.3 is 0 Å². The number of rotatable bonds is 1. The molecule has 3 aliphatic rings. The summed E-state index contributed by atoms with van der Waals surface area (Å²) in [4.78, 5) is 0. The van der Waals surface area contributed by atoms with E-state index in [2.05, 4.69) is 41.5 Å². The molecule has 120 valence electrons. The van der Waals surface area contributed by atoms with Gasteiger partial charge in [-0.2, -0.15) is 0 Å². The molecule has 0 aromatic rings.